The van der Waals surface area contributed by atoms with E-state index >= 15 is 0 Å². The number of aromatic nitrogens is 3. The van der Waals surface area contributed by atoms with Crippen LogP contribution in [0.25, 0.3) is 11.2 Å². The summed E-state index contributed by atoms with van der Waals surface area (Å²) in [5.74, 6) is 0.920. The lowest BCUT2D eigenvalue weighted by molar-refractivity contribution is 0.0218. The largest absolute Gasteiger partial charge is 0.378 e. The minimum absolute atomic E-state index is 0.207. The summed E-state index contributed by atoms with van der Waals surface area (Å²) in [6.07, 6.45) is 2.53. The second-order valence-corrected chi connectivity index (χ2v) is 4.65. The van der Waals surface area contributed by atoms with Crippen LogP contribution < -0.4 is 0 Å². The Labute approximate surface area is 95.1 Å². The van der Waals surface area contributed by atoms with Crippen LogP contribution in [0.2, 0.25) is 0 Å². The number of methoxy groups -OCH3 is 1. The van der Waals surface area contributed by atoms with Crippen LogP contribution in [-0.2, 0) is 11.2 Å². The van der Waals surface area contributed by atoms with Crippen molar-refractivity contribution in [3.63, 3.8) is 0 Å². The third-order valence-corrected chi connectivity index (χ3v) is 2.80. The highest BCUT2D eigenvalue weighted by Gasteiger charge is 2.19. The Morgan fingerprint density at radius 2 is 2.19 bits per heavy atom. The van der Waals surface area contributed by atoms with Gasteiger partial charge in [-0.05, 0) is 32.4 Å². The Kier molecular flexibility index (Phi) is 2.68. The van der Waals surface area contributed by atoms with Gasteiger partial charge in [-0.25, -0.2) is 9.97 Å². The molecule has 0 saturated heterocycles. The van der Waals surface area contributed by atoms with E-state index in [1.54, 1.807) is 13.3 Å². The molecule has 4 nitrogen and oxygen atoms in total. The molecule has 86 valence electrons. The van der Waals surface area contributed by atoms with Gasteiger partial charge in [0.25, 0.3) is 0 Å². The van der Waals surface area contributed by atoms with Gasteiger partial charge >= 0.3 is 0 Å². The van der Waals surface area contributed by atoms with E-state index in [2.05, 4.69) is 15.0 Å². The summed E-state index contributed by atoms with van der Waals surface area (Å²) >= 11 is 0. The number of fused-ring (bicyclic) bond motifs is 1. The number of aromatic amines is 1. The highest BCUT2D eigenvalue weighted by molar-refractivity contribution is 5.74. The number of ether oxygens (including phenoxy) is 1. The van der Waals surface area contributed by atoms with E-state index in [9.17, 15) is 0 Å². The summed E-state index contributed by atoms with van der Waals surface area (Å²) in [5, 5.41) is 0. The number of hydrogen-bond donors (Lipinski definition) is 1. The molecule has 0 atom stereocenters. The zero-order chi connectivity index (χ0) is 11.8. The first-order chi connectivity index (χ1) is 7.52. The average Bonchev–Trinajstić information content (AvgIpc) is 2.61. The van der Waals surface area contributed by atoms with Crippen LogP contribution in [0.3, 0.4) is 0 Å². The highest BCUT2D eigenvalue weighted by atomic mass is 16.5. The standard InChI is InChI=1S/C12H17N3O/c1-8-5-6-13-11-10(8)14-9(15-11)7-12(2,3)16-4/h5-6H,7H2,1-4H3,(H,13,14,15). The van der Waals surface area contributed by atoms with Crippen molar-refractivity contribution in [3.8, 4) is 0 Å². The fraction of sp³-hybridized carbons (Fsp3) is 0.500. The summed E-state index contributed by atoms with van der Waals surface area (Å²) < 4.78 is 5.39. The third kappa shape index (κ3) is 2.07. The van der Waals surface area contributed by atoms with Gasteiger partial charge in [0.05, 0.1) is 11.1 Å². The maximum Gasteiger partial charge on any atom is 0.177 e. The molecule has 2 aromatic rings. The SMILES string of the molecule is COC(C)(C)Cc1nc2nccc(C)c2[nH]1. The molecule has 0 radical (unpaired) electrons. The molecule has 0 aliphatic rings. The molecule has 0 amide bonds. The maximum absolute atomic E-state index is 5.39. The van der Waals surface area contributed by atoms with Crippen molar-refractivity contribution in [1.82, 2.24) is 15.0 Å². The van der Waals surface area contributed by atoms with Gasteiger partial charge in [-0.3, -0.25) is 0 Å². The molecule has 4 heteroatoms. The van der Waals surface area contributed by atoms with E-state index < -0.39 is 0 Å². The lowest BCUT2D eigenvalue weighted by Gasteiger charge is -2.21. The van der Waals surface area contributed by atoms with Crippen LogP contribution in [0.5, 0.6) is 0 Å². The first kappa shape index (κ1) is 11.1. The quantitative estimate of drug-likeness (QED) is 0.861. The Balaban J connectivity index is 2.37. The predicted octanol–water partition coefficient (Wildman–Crippen LogP) is 2.23. The van der Waals surface area contributed by atoms with Crippen LogP contribution in [0.1, 0.15) is 25.2 Å². The molecule has 0 saturated carbocycles. The number of H-pyrrole nitrogens is 1. The molecular formula is C12H17N3O. The Morgan fingerprint density at radius 1 is 1.44 bits per heavy atom. The van der Waals surface area contributed by atoms with Crippen molar-refractivity contribution >= 4 is 11.2 Å². The average molecular weight is 219 g/mol. The fourth-order valence-corrected chi connectivity index (χ4v) is 1.64. The van der Waals surface area contributed by atoms with E-state index in [4.69, 9.17) is 4.74 Å². The molecule has 2 rings (SSSR count). The number of pyridine rings is 1. The number of imidazole rings is 1. The fourth-order valence-electron chi connectivity index (χ4n) is 1.64. The first-order valence-electron chi connectivity index (χ1n) is 5.37. The Hall–Kier alpha value is -1.42. The van der Waals surface area contributed by atoms with Crippen LogP contribution >= 0.6 is 0 Å². The molecule has 0 unspecified atom stereocenters. The van der Waals surface area contributed by atoms with E-state index in [0.29, 0.717) is 0 Å². The van der Waals surface area contributed by atoms with Crippen molar-refractivity contribution in [1.29, 1.82) is 0 Å². The molecule has 0 aromatic carbocycles. The minimum Gasteiger partial charge on any atom is -0.378 e. The molecule has 16 heavy (non-hydrogen) atoms. The van der Waals surface area contributed by atoms with Crippen molar-refractivity contribution in [3.05, 3.63) is 23.7 Å². The van der Waals surface area contributed by atoms with Gasteiger partial charge in [-0.15, -0.1) is 0 Å². The summed E-state index contributed by atoms with van der Waals surface area (Å²) in [7, 11) is 1.71. The third-order valence-electron chi connectivity index (χ3n) is 2.80. The lowest BCUT2D eigenvalue weighted by atomic mass is 10.1. The van der Waals surface area contributed by atoms with Crippen LogP contribution in [0.15, 0.2) is 12.3 Å². The molecule has 0 aliphatic heterocycles. The van der Waals surface area contributed by atoms with E-state index in [0.717, 1.165) is 23.4 Å². The predicted molar refractivity (Wildman–Crippen MR) is 63.4 cm³/mol. The second-order valence-electron chi connectivity index (χ2n) is 4.65. The van der Waals surface area contributed by atoms with Gasteiger partial charge in [0.15, 0.2) is 5.65 Å². The topological polar surface area (TPSA) is 50.8 Å². The molecule has 0 aliphatic carbocycles. The maximum atomic E-state index is 5.39. The van der Waals surface area contributed by atoms with Crippen LogP contribution in [0.4, 0.5) is 0 Å². The number of hydrogen-bond acceptors (Lipinski definition) is 3. The van der Waals surface area contributed by atoms with Crippen molar-refractivity contribution in [2.75, 3.05) is 7.11 Å². The molecular weight excluding hydrogens is 202 g/mol. The van der Waals surface area contributed by atoms with Gasteiger partial charge < -0.3 is 9.72 Å². The van der Waals surface area contributed by atoms with Gasteiger partial charge in [-0.2, -0.15) is 0 Å². The highest BCUT2D eigenvalue weighted by Crippen LogP contribution is 2.18. The molecule has 1 N–H and O–H groups in total. The summed E-state index contributed by atoms with van der Waals surface area (Å²) in [6.45, 7) is 6.13. The molecule has 0 spiro atoms. The number of nitrogens with zero attached hydrogens (tertiary/aromatic N) is 2. The molecule has 2 aromatic heterocycles. The molecule has 2 heterocycles. The zero-order valence-corrected chi connectivity index (χ0v) is 10.2. The van der Waals surface area contributed by atoms with E-state index in [1.807, 2.05) is 26.8 Å². The molecule has 0 bridgehead atoms. The van der Waals surface area contributed by atoms with E-state index in [-0.39, 0.29) is 5.60 Å². The monoisotopic (exact) mass is 219 g/mol. The summed E-state index contributed by atoms with van der Waals surface area (Å²) in [5.41, 5.74) is 2.76. The normalized spacial score (nSPS) is 12.2. The smallest absolute Gasteiger partial charge is 0.177 e. The van der Waals surface area contributed by atoms with Crippen LogP contribution in [-0.4, -0.2) is 27.7 Å². The minimum atomic E-state index is -0.207. The lowest BCUT2D eigenvalue weighted by Crippen LogP contribution is -2.26. The van der Waals surface area contributed by atoms with Crippen LogP contribution in [0, 0.1) is 6.92 Å². The number of nitrogens with one attached hydrogen (secondary N) is 1. The number of rotatable bonds is 3. The number of aryl methyl sites for hydroxylation is 1. The van der Waals surface area contributed by atoms with Crippen molar-refractivity contribution < 1.29 is 4.74 Å². The van der Waals surface area contributed by atoms with E-state index in [1.165, 1.54) is 5.56 Å². The summed E-state index contributed by atoms with van der Waals surface area (Å²) in [6, 6.07) is 1.98. The van der Waals surface area contributed by atoms with Crippen molar-refractivity contribution in [2.24, 2.45) is 0 Å². The Bertz CT molecular complexity index is 502. The van der Waals surface area contributed by atoms with Gasteiger partial charge in [-0.1, -0.05) is 0 Å². The summed E-state index contributed by atoms with van der Waals surface area (Å²) in [4.78, 5) is 12.0. The van der Waals surface area contributed by atoms with Gasteiger partial charge in [0.1, 0.15) is 5.82 Å². The van der Waals surface area contributed by atoms with Gasteiger partial charge in [0.2, 0.25) is 0 Å². The Morgan fingerprint density at radius 3 is 2.81 bits per heavy atom. The zero-order valence-electron chi connectivity index (χ0n) is 10.2. The van der Waals surface area contributed by atoms with Gasteiger partial charge in [0, 0.05) is 19.7 Å². The second kappa shape index (κ2) is 3.87. The first-order valence-corrected chi connectivity index (χ1v) is 5.37. The van der Waals surface area contributed by atoms with Crippen molar-refractivity contribution in [2.45, 2.75) is 32.8 Å². The molecule has 0 fully saturated rings.